The van der Waals surface area contributed by atoms with Gasteiger partial charge in [0.05, 0.1) is 12.1 Å². The molecule has 24 heavy (non-hydrogen) atoms. The van der Waals surface area contributed by atoms with Crippen molar-refractivity contribution in [1.29, 1.82) is 0 Å². The quantitative estimate of drug-likeness (QED) is 0.858. The summed E-state index contributed by atoms with van der Waals surface area (Å²) < 4.78 is 5.19. The molecule has 0 unspecified atom stereocenters. The molecule has 0 amide bonds. The van der Waals surface area contributed by atoms with Gasteiger partial charge in [-0.25, -0.2) is 0 Å². The van der Waals surface area contributed by atoms with Crippen LogP contribution in [0.5, 0.6) is 0 Å². The largest absolute Gasteiger partial charge is 0.389 e. The van der Waals surface area contributed by atoms with Crippen LogP contribution < -0.4 is 0 Å². The molecule has 6 heteroatoms. The van der Waals surface area contributed by atoms with E-state index in [4.69, 9.17) is 4.52 Å². The Bertz CT molecular complexity index is 525. The summed E-state index contributed by atoms with van der Waals surface area (Å²) in [5, 5.41) is 14.9. The maximum absolute atomic E-state index is 10.9. The van der Waals surface area contributed by atoms with Crippen LogP contribution in [0.2, 0.25) is 0 Å². The van der Waals surface area contributed by atoms with Crippen LogP contribution in [0.3, 0.4) is 0 Å². The van der Waals surface area contributed by atoms with E-state index < -0.39 is 5.60 Å². The first kappa shape index (κ1) is 17.8. The number of β-amino-alcohol motifs (C(OH)–C–C–N with tert-alkyl or cyclic N) is 1. The number of likely N-dealkylation sites (N-methyl/N-ethyl adjacent to an activating group) is 1. The lowest BCUT2D eigenvalue weighted by Gasteiger charge is -2.38. The van der Waals surface area contributed by atoms with Gasteiger partial charge in [-0.1, -0.05) is 19.0 Å². The van der Waals surface area contributed by atoms with Crippen molar-refractivity contribution in [2.75, 3.05) is 26.7 Å². The van der Waals surface area contributed by atoms with Crippen LogP contribution in [0.4, 0.5) is 0 Å². The van der Waals surface area contributed by atoms with Crippen LogP contribution >= 0.6 is 0 Å². The SMILES string of the molecule is CCc1nc(CN(C)[C@H]2CCN(CC3(O)CCC(C)CC3)C2)no1. The third kappa shape index (κ3) is 4.35. The maximum atomic E-state index is 10.9. The van der Waals surface area contributed by atoms with Gasteiger partial charge in [-0.15, -0.1) is 0 Å². The molecule has 1 aromatic heterocycles. The van der Waals surface area contributed by atoms with Crippen LogP contribution in [-0.4, -0.2) is 63.4 Å². The zero-order valence-corrected chi connectivity index (χ0v) is 15.4. The summed E-state index contributed by atoms with van der Waals surface area (Å²) in [5.41, 5.74) is -0.469. The van der Waals surface area contributed by atoms with E-state index in [1.807, 2.05) is 6.92 Å². The smallest absolute Gasteiger partial charge is 0.226 e. The van der Waals surface area contributed by atoms with Gasteiger partial charge in [-0.05, 0) is 51.6 Å². The lowest BCUT2D eigenvalue weighted by molar-refractivity contribution is -0.0316. The van der Waals surface area contributed by atoms with Gasteiger partial charge in [0.15, 0.2) is 5.82 Å². The summed E-state index contributed by atoms with van der Waals surface area (Å²) in [7, 11) is 2.13. The molecule has 3 rings (SSSR count). The molecule has 6 nitrogen and oxygen atoms in total. The van der Waals surface area contributed by atoms with Gasteiger partial charge in [0, 0.05) is 25.6 Å². The highest BCUT2D eigenvalue weighted by Crippen LogP contribution is 2.33. The highest BCUT2D eigenvalue weighted by Gasteiger charge is 2.36. The molecule has 1 aliphatic carbocycles. The van der Waals surface area contributed by atoms with Crippen molar-refractivity contribution in [1.82, 2.24) is 19.9 Å². The van der Waals surface area contributed by atoms with Gasteiger partial charge in [0.2, 0.25) is 5.89 Å². The van der Waals surface area contributed by atoms with Crippen molar-refractivity contribution in [2.45, 2.75) is 70.6 Å². The summed E-state index contributed by atoms with van der Waals surface area (Å²) in [6, 6.07) is 0.500. The van der Waals surface area contributed by atoms with E-state index in [1.54, 1.807) is 0 Å². The van der Waals surface area contributed by atoms with E-state index in [1.165, 1.54) is 0 Å². The summed E-state index contributed by atoms with van der Waals surface area (Å²) >= 11 is 0. The molecule has 1 saturated carbocycles. The number of rotatable bonds is 6. The normalized spacial score (nSPS) is 31.9. The Labute approximate surface area is 145 Å². The monoisotopic (exact) mass is 336 g/mol. The number of aryl methyl sites for hydroxylation is 1. The molecular formula is C18H32N4O2. The Morgan fingerprint density at radius 3 is 2.75 bits per heavy atom. The molecule has 2 aliphatic rings. The molecule has 1 saturated heterocycles. The van der Waals surface area contributed by atoms with E-state index in [2.05, 4.69) is 33.9 Å². The lowest BCUT2D eigenvalue weighted by atomic mass is 9.79. The third-order valence-electron chi connectivity index (χ3n) is 5.80. The van der Waals surface area contributed by atoms with Crippen molar-refractivity contribution in [3.8, 4) is 0 Å². The van der Waals surface area contributed by atoms with Gasteiger partial charge >= 0.3 is 0 Å². The molecule has 0 spiro atoms. The Morgan fingerprint density at radius 2 is 2.08 bits per heavy atom. The summed E-state index contributed by atoms with van der Waals surface area (Å²) in [6.45, 7) is 7.96. The van der Waals surface area contributed by atoms with Crippen molar-refractivity contribution in [3.63, 3.8) is 0 Å². The third-order valence-corrected chi connectivity index (χ3v) is 5.80. The van der Waals surface area contributed by atoms with E-state index in [0.717, 1.165) is 76.4 Å². The predicted molar refractivity (Wildman–Crippen MR) is 92.6 cm³/mol. The van der Waals surface area contributed by atoms with Crippen molar-refractivity contribution in [2.24, 2.45) is 5.92 Å². The molecule has 0 radical (unpaired) electrons. The summed E-state index contributed by atoms with van der Waals surface area (Å²) in [6.07, 6.45) is 6.14. The first-order chi connectivity index (χ1) is 11.5. The van der Waals surface area contributed by atoms with E-state index in [9.17, 15) is 5.11 Å². The first-order valence-electron chi connectivity index (χ1n) is 9.44. The van der Waals surface area contributed by atoms with Crippen LogP contribution in [0.1, 0.15) is 57.7 Å². The highest BCUT2D eigenvalue weighted by atomic mass is 16.5. The van der Waals surface area contributed by atoms with Gasteiger partial charge in [-0.3, -0.25) is 9.80 Å². The Morgan fingerprint density at radius 1 is 1.33 bits per heavy atom. The fourth-order valence-corrected chi connectivity index (χ4v) is 4.04. The second-order valence-electron chi connectivity index (χ2n) is 7.96. The molecule has 1 aromatic rings. The molecule has 1 atom stereocenters. The fourth-order valence-electron chi connectivity index (χ4n) is 4.04. The van der Waals surface area contributed by atoms with Gasteiger partial charge in [-0.2, -0.15) is 4.98 Å². The van der Waals surface area contributed by atoms with Gasteiger partial charge in [0.1, 0.15) is 0 Å². The summed E-state index contributed by atoms with van der Waals surface area (Å²) in [5.74, 6) is 2.25. The zero-order chi connectivity index (χ0) is 17.2. The highest BCUT2D eigenvalue weighted by molar-refractivity contribution is 4.93. The number of aromatic nitrogens is 2. The number of nitrogens with zero attached hydrogens (tertiary/aromatic N) is 4. The Kier molecular flexibility index (Phi) is 5.57. The molecule has 2 fully saturated rings. The molecule has 0 bridgehead atoms. The molecule has 1 N–H and O–H groups in total. The molecular weight excluding hydrogens is 304 g/mol. The standard InChI is InChI=1S/C18H32N4O2/c1-4-17-19-16(20-24-17)12-21(3)15-7-10-22(11-15)13-18(23)8-5-14(2)6-9-18/h14-15,23H,4-13H2,1-3H3/t14?,15-,18?/m0/s1. The second kappa shape index (κ2) is 7.50. The second-order valence-corrected chi connectivity index (χ2v) is 7.96. The lowest BCUT2D eigenvalue weighted by Crippen LogP contribution is -2.45. The van der Waals surface area contributed by atoms with E-state index in [-0.39, 0.29) is 0 Å². The van der Waals surface area contributed by atoms with Crippen LogP contribution in [0, 0.1) is 5.92 Å². The average Bonchev–Trinajstić information content (AvgIpc) is 3.20. The van der Waals surface area contributed by atoms with Crippen molar-refractivity contribution < 1.29 is 9.63 Å². The predicted octanol–water partition coefficient (Wildman–Crippen LogP) is 2.08. The van der Waals surface area contributed by atoms with Crippen LogP contribution in [-0.2, 0) is 13.0 Å². The molecule has 1 aliphatic heterocycles. The van der Waals surface area contributed by atoms with Crippen molar-refractivity contribution in [3.05, 3.63) is 11.7 Å². The van der Waals surface area contributed by atoms with Crippen LogP contribution in [0.15, 0.2) is 4.52 Å². The first-order valence-corrected chi connectivity index (χ1v) is 9.44. The molecule has 136 valence electrons. The summed E-state index contributed by atoms with van der Waals surface area (Å²) in [4.78, 5) is 9.15. The fraction of sp³-hybridized carbons (Fsp3) is 0.889. The minimum atomic E-state index is -0.469. The number of hydrogen-bond acceptors (Lipinski definition) is 6. The Balaban J connectivity index is 1.47. The maximum Gasteiger partial charge on any atom is 0.226 e. The zero-order valence-electron chi connectivity index (χ0n) is 15.4. The number of hydrogen-bond donors (Lipinski definition) is 1. The molecule has 2 heterocycles. The minimum Gasteiger partial charge on any atom is -0.389 e. The van der Waals surface area contributed by atoms with E-state index in [0.29, 0.717) is 11.9 Å². The van der Waals surface area contributed by atoms with Crippen molar-refractivity contribution >= 4 is 0 Å². The molecule has 0 aromatic carbocycles. The minimum absolute atomic E-state index is 0.469. The number of likely N-dealkylation sites (tertiary alicyclic amines) is 1. The number of aliphatic hydroxyl groups is 1. The average molecular weight is 336 g/mol. The van der Waals surface area contributed by atoms with Gasteiger partial charge in [0.25, 0.3) is 0 Å². The topological polar surface area (TPSA) is 65.6 Å². The Hall–Kier alpha value is -0.980. The van der Waals surface area contributed by atoms with Crippen LogP contribution in [0.25, 0.3) is 0 Å². The van der Waals surface area contributed by atoms with E-state index >= 15 is 0 Å². The van der Waals surface area contributed by atoms with Gasteiger partial charge < -0.3 is 9.63 Å².